The van der Waals surface area contributed by atoms with Crippen LogP contribution in [0.25, 0.3) is 0 Å². The van der Waals surface area contributed by atoms with Crippen molar-refractivity contribution < 1.29 is 22.7 Å². The number of anilines is 1. The van der Waals surface area contributed by atoms with Gasteiger partial charge in [0.25, 0.3) is 5.91 Å². The summed E-state index contributed by atoms with van der Waals surface area (Å²) < 4.78 is 29.3. The van der Waals surface area contributed by atoms with Crippen LogP contribution in [0.3, 0.4) is 0 Å². The van der Waals surface area contributed by atoms with Gasteiger partial charge in [0, 0.05) is 11.7 Å². The second-order valence-corrected chi connectivity index (χ2v) is 8.34. The highest BCUT2D eigenvalue weighted by molar-refractivity contribution is 7.91. The molecule has 0 radical (unpaired) electrons. The van der Waals surface area contributed by atoms with Crippen molar-refractivity contribution in [2.24, 2.45) is 0 Å². The van der Waals surface area contributed by atoms with Crippen LogP contribution in [-0.2, 0) is 24.2 Å². The van der Waals surface area contributed by atoms with Gasteiger partial charge in [-0.15, -0.1) is 0 Å². The molecule has 0 aliphatic rings. The highest BCUT2D eigenvalue weighted by atomic mass is 32.2. The van der Waals surface area contributed by atoms with Crippen molar-refractivity contribution in [3.05, 3.63) is 60.7 Å². The third-order valence-electron chi connectivity index (χ3n) is 3.85. The van der Waals surface area contributed by atoms with Gasteiger partial charge in [0.05, 0.1) is 17.1 Å². The summed E-state index contributed by atoms with van der Waals surface area (Å²) in [5, 5.41) is 0. The highest BCUT2D eigenvalue weighted by Gasteiger charge is 2.21. The Morgan fingerprint density at radius 1 is 0.963 bits per heavy atom. The van der Waals surface area contributed by atoms with Crippen LogP contribution < -0.4 is 4.90 Å². The van der Waals surface area contributed by atoms with E-state index in [1.54, 1.807) is 30.3 Å². The molecule has 0 atom stereocenters. The van der Waals surface area contributed by atoms with Gasteiger partial charge in [-0.05, 0) is 38.1 Å². The molecule has 0 N–H and O–H groups in total. The number of sulfone groups is 1. The molecule has 0 fully saturated rings. The fourth-order valence-electron chi connectivity index (χ4n) is 2.57. The zero-order valence-electron chi connectivity index (χ0n) is 15.4. The molecule has 0 saturated heterocycles. The Morgan fingerprint density at radius 3 is 2.07 bits per heavy atom. The Kier molecular flexibility index (Phi) is 7.12. The van der Waals surface area contributed by atoms with E-state index in [0.29, 0.717) is 5.69 Å². The molecule has 6 nitrogen and oxygen atoms in total. The summed E-state index contributed by atoms with van der Waals surface area (Å²) in [5.41, 5.74) is 0.709. The van der Waals surface area contributed by atoms with Gasteiger partial charge >= 0.3 is 5.97 Å². The topological polar surface area (TPSA) is 80.8 Å². The Bertz CT molecular complexity index is 864. The predicted octanol–water partition coefficient (Wildman–Crippen LogP) is 2.84. The molecule has 1 amide bonds. The van der Waals surface area contributed by atoms with Crippen LogP contribution in [0.1, 0.15) is 20.3 Å². The maximum Gasteiger partial charge on any atom is 0.307 e. The Labute approximate surface area is 159 Å². The summed E-state index contributed by atoms with van der Waals surface area (Å²) in [5.74, 6) is -1.45. The van der Waals surface area contributed by atoms with Gasteiger partial charge in [-0.25, -0.2) is 8.42 Å². The van der Waals surface area contributed by atoms with Gasteiger partial charge in [-0.2, -0.15) is 0 Å². The van der Waals surface area contributed by atoms with Crippen LogP contribution >= 0.6 is 0 Å². The number of carbonyl (C=O) groups excluding carboxylic acids is 2. The lowest BCUT2D eigenvalue weighted by atomic mass is 10.2. The Balaban J connectivity index is 1.90. The second kappa shape index (κ2) is 9.32. The van der Waals surface area contributed by atoms with Crippen molar-refractivity contribution in [1.82, 2.24) is 0 Å². The van der Waals surface area contributed by atoms with E-state index < -0.39 is 22.4 Å². The monoisotopic (exact) mass is 389 g/mol. The molecule has 2 rings (SSSR count). The van der Waals surface area contributed by atoms with Crippen LogP contribution in [-0.4, -0.2) is 38.7 Å². The normalized spacial score (nSPS) is 11.2. The number of rotatable bonds is 8. The molecular weight excluding hydrogens is 366 g/mol. The molecule has 2 aromatic rings. The number of nitrogens with zero attached hydrogens (tertiary/aromatic N) is 1. The van der Waals surface area contributed by atoms with E-state index in [-0.39, 0.29) is 29.0 Å². The number of amides is 1. The maximum atomic E-state index is 12.4. The van der Waals surface area contributed by atoms with Crippen LogP contribution in [0.2, 0.25) is 0 Å². The number of ether oxygens (including phenoxy) is 1. The summed E-state index contributed by atoms with van der Waals surface area (Å²) >= 11 is 0. The van der Waals surface area contributed by atoms with E-state index in [4.69, 9.17) is 4.74 Å². The van der Waals surface area contributed by atoms with Crippen molar-refractivity contribution in [3.8, 4) is 0 Å². The minimum Gasteiger partial charge on any atom is -0.456 e. The SMILES string of the molecule is CC(C)N(C(=O)COC(=O)CCS(=O)(=O)c1ccccc1)c1ccccc1. The van der Waals surface area contributed by atoms with E-state index in [1.807, 2.05) is 32.0 Å². The van der Waals surface area contributed by atoms with Crippen molar-refractivity contribution in [2.45, 2.75) is 31.2 Å². The lowest BCUT2D eigenvalue weighted by Gasteiger charge is -2.26. The Morgan fingerprint density at radius 2 is 1.52 bits per heavy atom. The first-order valence-corrected chi connectivity index (χ1v) is 10.3. The third kappa shape index (κ3) is 5.92. The van der Waals surface area contributed by atoms with E-state index >= 15 is 0 Å². The number of hydrogen-bond donors (Lipinski definition) is 0. The summed E-state index contributed by atoms with van der Waals surface area (Å²) in [6.45, 7) is 3.29. The van der Waals surface area contributed by atoms with E-state index in [2.05, 4.69) is 0 Å². The lowest BCUT2D eigenvalue weighted by Crippen LogP contribution is -2.40. The third-order valence-corrected chi connectivity index (χ3v) is 5.59. The van der Waals surface area contributed by atoms with Gasteiger partial charge in [-0.3, -0.25) is 9.59 Å². The standard InChI is InChI=1S/C20H23NO5S/c1-16(2)21(17-9-5-3-6-10-17)19(22)15-26-20(23)13-14-27(24,25)18-11-7-4-8-12-18/h3-12,16H,13-15H2,1-2H3. The van der Waals surface area contributed by atoms with Gasteiger partial charge in [0.1, 0.15) is 0 Å². The van der Waals surface area contributed by atoms with Gasteiger partial charge in [0.15, 0.2) is 16.4 Å². The van der Waals surface area contributed by atoms with Crippen LogP contribution in [0.5, 0.6) is 0 Å². The molecular formula is C20H23NO5S. The molecule has 0 aliphatic heterocycles. The van der Waals surface area contributed by atoms with Gasteiger partial charge in [-0.1, -0.05) is 36.4 Å². The smallest absolute Gasteiger partial charge is 0.307 e. The van der Waals surface area contributed by atoms with Crippen molar-refractivity contribution in [3.63, 3.8) is 0 Å². The van der Waals surface area contributed by atoms with Crippen molar-refractivity contribution in [1.29, 1.82) is 0 Å². The molecule has 0 spiro atoms. The molecule has 2 aromatic carbocycles. The number of benzene rings is 2. The van der Waals surface area contributed by atoms with Gasteiger partial charge in [0.2, 0.25) is 0 Å². The summed E-state index contributed by atoms with van der Waals surface area (Å²) in [4.78, 5) is 26.0. The lowest BCUT2D eigenvalue weighted by molar-refractivity contribution is -0.147. The zero-order valence-corrected chi connectivity index (χ0v) is 16.2. The maximum absolute atomic E-state index is 12.4. The van der Waals surface area contributed by atoms with Crippen molar-refractivity contribution >= 4 is 27.4 Å². The highest BCUT2D eigenvalue weighted by Crippen LogP contribution is 2.17. The molecule has 0 heterocycles. The van der Waals surface area contributed by atoms with Crippen LogP contribution in [0.15, 0.2) is 65.6 Å². The summed E-state index contributed by atoms with van der Waals surface area (Å²) in [6, 6.07) is 16.9. The van der Waals surface area contributed by atoms with Crippen molar-refractivity contribution in [2.75, 3.05) is 17.3 Å². The number of carbonyl (C=O) groups is 2. The molecule has 7 heteroatoms. The first kappa shape index (κ1) is 20.6. The molecule has 0 saturated carbocycles. The average molecular weight is 389 g/mol. The number of esters is 1. The molecule has 144 valence electrons. The first-order valence-electron chi connectivity index (χ1n) is 8.62. The quantitative estimate of drug-likeness (QED) is 0.649. The molecule has 27 heavy (non-hydrogen) atoms. The largest absolute Gasteiger partial charge is 0.456 e. The number of hydrogen-bond acceptors (Lipinski definition) is 5. The van der Waals surface area contributed by atoms with Crippen LogP contribution in [0.4, 0.5) is 5.69 Å². The minimum atomic E-state index is -3.56. The van der Waals surface area contributed by atoms with E-state index in [0.717, 1.165) is 0 Å². The Hall–Kier alpha value is -2.67. The van der Waals surface area contributed by atoms with E-state index in [1.165, 1.54) is 17.0 Å². The number of para-hydroxylation sites is 1. The fourth-order valence-corrected chi connectivity index (χ4v) is 3.81. The van der Waals surface area contributed by atoms with Gasteiger partial charge < -0.3 is 9.64 Å². The molecule has 0 aromatic heterocycles. The summed E-state index contributed by atoms with van der Waals surface area (Å²) in [7, 11) is -3.56. The fraction of sp³-hybridized carbons (Fsp3) is 0.300. The summed E-state index contributed by atoms with van der Waals surface area (Å²) in [6.07, 6.45) is -0.308. The second-order valence-electron chi connectivity index (χ2n) is 6.24. The minimum absolute atomic E-state index is 0.114. The zero-order chi connectivity index (χ0) is 19.9. The molecule has 0 unspecified atom stereocenters. The molecule has 0 aliphatic carbocycles. The van der Waals surface area contributed by atoms with E-state index in [9.17, 15) is 18.0 Å². The predicted molar refractivity (Wildman–Crippen MR) is 103 cm³/mol. The molecule has 0 bridgehead atoms. The average Bonchev–Trinajstić information content (AvgIpc) is 2.66. The van der Waals surface area contributed by atoms with Crippen LogP contribution in [0, 0.1) is 0 Å². The first-order chi connectivity index (χ1) is 12.8.